The highest BCUT2D eigenvalue weighted by Crippen LogP contribution is 2.47. The van der Waals surface area contributed by atoms with Crippen LogP contribution in [-0.2, 0) is 0 Å². The van der Waals surface area contributed by atoms with Gasteiger partial charge in [-0.1, -0.05) is 48.5 Å². The van der Waals surface area contributed by atoms with E-state index >= 15 is 0 Å². The van der Waals surface area contributed by atoms with Crippen molar-refractivity contribution in [1.82, 2.24) is 0 Å². The molecular weight excluding hydrogens is 324 g/mol. The van der Waals surface area contributed by atoms with Gasteiger partial charge in [0.05, 0.1) is 7.11 Å². The van der Waals surface area contributed by atoms with Crippen molar-refractivity contribution in [2.45, 2.75) is 0 Å². The summed E-state index contributed by atoms with van der Waals surface area (Å²) < 4.78 is 8.46. The molecule has 0 fully saturated rings. The van der Waals surface area contributed by atoms with E-state index in [4.69, 9.17) is 4.74 Å². The second-order valence-corrected chi connectivity index (χ2v) is 7.59. The van der Waals surface area contributed by atoms with Crippen molar-refractivity contribution < 1.29 is 4.74 Å². The lowest BCUT2D eigenvalue weighted by Crippen LogP contribution is -1.89. The summed E-state index contributed by atoms with van der Waals surface area (Å²) in [7, 11) is 1.76. The molecule has 0 aliphatic carbocycles. The number of hydrogen-bond donors (Lipinski definition) is 0. The Morgan fingerprint density at radius 1 is 0.600 bits per heavy atom. The molecule has 118 valence electrons. The van der Waals surface area contributed by atoms with Gasteiger partial charge >= 0.3 is 0 Å². The van der Waals surface area contributed by atoms with Crippen LogP contribution in [0.15, 0.2) is 66.7 Å². The lowest BCUT2D eigenvalue weighted by atomic mass is 9.91. The Kier molecular flexibility index (Phi) is 2.48. The maximum atomic E-state index is 5.73. The smallest absolute Gasteiger partial charge is 0.127 e. The van der Waals surface area contributed by atoms with Crippen LogP contribution in [0.2, 0.25) is 0 Å². The summed E-state index contributed by atoms with van der Waals surface area (Å²) in [6.07, 6.45) is 0. The molecule has 5 aromatic carbocycles. The molecule has 2 heteroatoms. The summed E-state index contributed by atoms with van der Waals surface area (Å²) in [5, 5.41) is 10.5. The highest BCUT2D eigenvalue weighted by Gasteiger charge is 2.18. The quantitative estimate of drug-likeness (QED) is 0.294. The van der Waals surface area contributed by atoms with Crippen LogP contribution in [0.3, 0.4) is 0 Å². The molecule has 0 aliphatic heterocycles. The summed E-state index contributed by atoms with van der Waals surface area (Å²) in [5.74, 6) is 0.942. The number of fused-ring (bicyclic) bond motifs is 5. The highest BCUT2D eigenvalue weighted by atomic mass is 32.1. The molecule has 0 spiro atoms. The normalized spacial score (nSPS) is 12.2. The predicted octanol–water partition coefficient (Wildman–Crippen LogP) is 6.96. The molecule has 0 saturated heterocycles. The van der Waals surface area contributed by atoms with Crippen LogP contribution in [0.1, 0.15) is 0 Å². The molecule has 1 aromatic heterocycles. The van der Waals surface area contributed by atoms with E-state index in [2.05, 4.69) is 66.7 Å². The van der Waals surface area contributed by atoms with Crippen LogP contribution in [0, 0.1) is 0 Å². The highest BCUT2D eigenvalue weighted by molar-refractivity contribution is 7.26. The SMILES string of the molecule is COc1cc2c3cccc4sc5cccc(c2c2ccccc12)c5c43. The Bertz CT molecular complexity index is 1420. The lowest BCUT2D eigenvalue weighted by Gasteiger charge is -2.14. The first kappa shape index (κ1) is 13.5. The zero-order chi connectivity index (χ0) is 16.5. The van der Waals surface area contributed by atoms with E-state index in [-0.39, 0.29) is 0 Å². The summed E-state index contributed by atoms with van der Waals surface area (Å²) in [6, 6.07) is 24.1. The van der Waals surface area contributed by atoms with Crippen LogP contribution in [0.4, 0.5) is 0 Å². The Morgan fingerprint density at radius 3 is 1.96 bits per heavy atom. The van der Waals surface area contributed by atoms with Gasteiger partial charge in [0.1, 0.15) is 5.75 Å². The van der Waals surface area contributed by atoms with Crippen LogP contribution in [-0.4, -0.2) is 7.11 Å². The standard InChI is InChI=1S/C23H14OS/c1-24-18-12-17-15-8-4-10-19-22(15)23-16(9-5-11-20(23)25-19)21(17)14-7-3-2-6-13(14)18/h2-12H,1H3. The Hall–Kier alpha value is -2.84. The number of hydrogen-bond acceptors (Lipinski definition) is 2. The third-order valence-electron chi connectivity index (χ3n) is 5.31. The average Bonchev–Trinajstić information content (AvgIpc) is 3.05. The first-order valence-corrected chi connectivity index (χ1v) is 9.23. The second kappa shape index (κ2) is 4.62. The van der Waals surface area contributed by atoms with E-state index < -0.39 is 0 Å². The van der Waals surface area contributed by atoms with Crippen molar-refractivity contribution in [2.24, 2.45) is 0 Å². The molecule has 0 bridgehead atoms. The van der Waals surface area contributed by atoms with E-state index in [9.17, 15) is 0 Å². The molecule has 0 radical (unpaired) electrons. The minimum Gasteiger partial charge on any atom is -0.496 e. The average molecular weight is 338 g/mol. The van der Waals surface area contributed by atoms with Gasteiger partial charge in [0.25, 0.3) is 0 Å². The van der Waals surface area contributed by atoms with Crippen molar-refractivity contribution in [3.05, 3.63) is 66.7 Å². The fourth-order valence-electron chi connectivity index (χ4n) is 4.31. The van der Waals surface area contributed by atoms with Gasteiger partial charge in [0.15, 0.2) is 0 Å². The van der Waals surface area contributed by atoms with Crippen molar-refractivity contribution >= 4 is 63.8 Å². The Balaban J connectivity index is 2.08. The third-order valence-corrected chi connectivity index (χ3v) is 6.43. The van der Waals surface area contributed by atoms with E-state index in [1.54, 1.807) is 7.11 Å². The molecule has 25 heavy (non-hydrogen) atoms. The van der Waals surface area contributed by atoms with Crippen molar-refractivity contribution in [3.8, 4) is 5.75 Å². The lowest BCUT2D eigenvalue weighted by molar-refractivity contribution is 0.420. The van der Waals surface area contributed by atoms with Gasteiger partial charge in [-0.15, -0.1) is 11.3 Å². The molecule has 0 saturated carbocycles. The first-order chi connectivity index (χ1) is 12.4. The van der Waals surface area contributed by atoms with E-state index in [1.807, 2.05) is 11.3 Å². The zero-order valence-corrected chi connectivity index (χ0v) is 14.5. The van der Waals surface area contributed by atoms with Crippen molar-refractivity contribution in [1.29, 1.82) is 0 Å². The van der Waals surface area contributed by atoms with Gasteiger partial charge < -0.3 is 4.74 Å². The van der Waals surface area contributed by atoms with Gasteiger partial charge in [-0.05, 0) is 45.1 Å². The summed E-state index contributed by atoms with van der Waals surface area (Å²) in [4.78, 5) is 0. The number of ether oxygens (including phenoxy) is 1. The largest absolute Gasteiger partial charge is 0.496 e. The molecule has 0 aliphatic rings. The third kappa shape index (κ3) is 1.58. The summed E-state index contributed by atoms with van der Waals surface area (Å²) in [5.41, 5.74) is 0. The molecule has 6 aromatic rings. The fourth-order valence-corrected chi connectivity index (χ4v) is 5.47. The van der Waals surface area contributed by atoms with Crippen molar-refractivity contribution in [2.75, 3.05) is 7.11 Å². The van der Waals surface area contributed by atoms with Gasteiger partial charge in [-0.2, -0.15) is 0 Å². The Labute approximate surface area is 148 Å². The van der Waals surface area contributed by atoms with Crippen LogP contribution >= 0.6 is 11.3 Å². The molecule has 0 atom stereocenters. The van der Waals surface area contributed by atoms with Gasteiger partial charge in [0, 0.05) is 25.6 Å². The second-order valence-electron chi connectivity index (χ2n) is 6.51. The van der Waals surface area contributed by atoms with Crippen LogP contribution < -0.4 is 4.74 Å². The van der Waals surface area contributed by atoms with E-state index in [1.165, 1.54) is 52.5 Å². The van der Waals surface area contributed by atoms with Crippen LogP contribution in [0.25, 0.3) is 52.5 Å². The molecule has 0 N–H and O–H groups in total. The van der Waals surface area contributed by atoms with Crippen molar-refractivity contribution in [3.63, 3.8) is 0 Å². The molecule has 0 amide bonds. The molecule has 6 rings (SSSR count). The Morgan fingerprint density at radius 2 is 1.20 bits per heavy atom. The minimum absolute atomic E-state index is 0.942. The monoisotopic (exact) mass is 338 g/mol. The van der Waals surface area contributed by atoms with Gasteiger partial charge in [-0.3, -0.25) is 0 Å². The number of methoxy groups -OCH3 is 1. The van der Waals surface area contributed by atoms with Gasteiger partial charge in [0.2, 0.25) is 0 Å². The molecule has 1 nitrogen and oxygen atoms in total. The fraction of sp³-hybridized carbons (Fsp3) is 0.0435. The van der Waals surface area contributed by atoms with Gasteiger partial charge in [-0.25, -0.2) is 0 Å². The predicted molar refractivity (Wildman–Crippen MR) is 110 cm³/mol. The van der Waals surface area contributed by atoms with E-state index in [0.29, 0.717) is 0 Å². The van der Waals surface area contributed by atoms with Crippen LogP contribution in [0.5, 0.6) is 5.75 Å². The maximum absolute atomic E-state index is 5.73. The topological polar surface area (TPSA) is 9.23 Å². The summed E-state index contributed by atoms with van der Waals surface area (Å²) >= 11 is 1.88. The molecule has 0 unspecified atom stereocenters. The number of benzene rings is 5. The number of thiophene rings is 1. The zero-order valence-electron chi connectivity index (χ0n) is 13.7. The maximum Gasteiger partial charge on any atom is 0.127 e. The minimum atomic E-state index is 0.942. The molecular formula is C23H14OS. The van der Waals surface area contributed by atoms with E-state index in [0.717, 1.165) is 5.75 Å². The number of rotatable bonds is 1. The molecule has 1 heterocycles. The summed E-state index contributed by atoms with van der Waals surface area (Å²) in [6.45, 7) is 0. The first-order valence-electron chi connectivity index (χ1n) is 8.41.